The fourth-order valence-corrected chi connectivity index (χ4v) is 2.35. The van der Waals surface area contributed by atoms with Crippen LogP contribution in [0, 0.1) is 0 Å². The van der Waals surface area contributed by atoms with E-state index in [1.165, 1.54) is 12.5 Å². The summed E-state index contributed by atoms with van der Waals surface area (Å²) in [5, 5.41) is 1.11. The van der Waals surface area contributed by atoms with Crippen molar-refractivity contribution in [3.8, 4) is 0 Å². The number of aryl methyl sites for hydroxylation is 1. The molecule has 0 saturated carbocycles. The Hall–Kier alpha value is -0.200. The molecule has 8 heteroatoms. The maximum absolute atomic E-state index is 11.3. The zero-order chi connectivity index (χ0) is 15.7. The van der Waals surface area contributed by atoms with Crippen LogP contribution in [-0.4, -0.2) is 30.3 Å². The van der Waals surface area contributed by atoms with Crippen LogP contribution in [0.3, 0.4) is 0 Å². The number of nitrogens with zero attached hydrogens (tertiary/aromatic N) is 1. The quantitative estimate of drug-likeness (QED) is 0.221. The summed E-state index contributed by atoms with van der Waals surface area (Å²) < 4.78 is 10.5. The first-order valence-corrected chi connectivity index (χ1v) is 8.57. The van der Waals surface area contributed by atoms with Gasteiger partial charge in [0, 0.05) is 13.5 Å². The van der Waals surface area contributed by atoms with E-state index in [1.807, 2.05) is 30.3 Å². The molecule has 0 atom stereocenters. The van der Waals surface area contributed by atoms with Crippen molar-refractivity contribution in [1.29, 1.82) is 0 Å². The minimum Gasteiger partial charge on any atom is -0.811 e. The first kappa shape index (κ1) is 21.8. The molecule has 0 aliphatic carbocycles. The van der Waals surface area contributed by atoms with Crippen LogP contribution >= 0.6 is 7.60 Å². The summed E-state index contributed by atoms with van der Waals surface area (Å²) in [4.78, 5) is 37.7. The molecule has 1 rings (SSSR count). The zero-order valence-corrected chi connectivity index (χ0v) is 16.0. The van der Waals surface area contributed by atoms with E-state index in [4.69, 9.17) is 4.84 Å². The van der Waals surface area contributed by atoms with Gasteiger partial charge in [0.15, 0.2) is 0 Å². The van der Waals surface area contributed by atoms with E-state index in [0.29, 0.717) is 6.61 Å². The molecule has 0 spiro atoms. The Morgan fingerprint density at radius 3 is 2.45 bits per heavy atom. The Morgan fingerprint density at radius 1 is 1.27 bits per heavy atom. The van der Waals surface area contributed by atoms with Gasteiger partial charge in [-0.2, -0.15) is 0 Å². The molecule has 0 heterocycles. The maximum Gasteiger partial charge on any atom is 1.00 e. The smallest absolute Gasteiger partial charge is 0.811 e. The fourth-order valence-electron chi connectivity index (χ4n) is 1.82. The summed E-state index contributed by atoms with van der Waals surface area (Å²) in [6, 6.07) is 9.90. The Kier molecular flexibility index (Phi) is 11.3. The van der Waals surface area contributed by atoms with E-state index in [9.17, 15) is 19.1 Å². The Balaban J connectivity index is 0. The third-order valence-corrected chi connectivity index (χ3v) is 3.71. The Morgan fingerprint density at radius 2 is 1.91 bits per heavy atom. The molecular formula is C14H21NNaO5P. The standard InChI is InChI=1S/C14H22NO5P.Na/c1-13(16)15(10-6-12-21(17,18)19)20-11-5-9-14-7-3-2-4-8-14;/h2-4,7-8H,5-6,9-12H2,1H3,(H2,17,18,19);/q;+1/p-1. The van der Waals surface area contributed by atoms with Gasteiger partial charge in [-0.3, -0.25) is 9.63 Å². The van der Waals surface area contributed by atoms with Gasteiger partial charge in [0.25, 0.3) is 0 Å². The molecule has 1 amide bonds. The van der Waals surface area contributed by atoms with Gasteiger partial charge in [0.1, 0.15) is 0 Å². The first-order valence-electron chi connectivity index (χ1n) is 6.84. The zero-order valence-electron chi connectivity index (χ0n) is 14.1. The van der Waals surface area contributed by atoms with E-state index in [2.05, 4.69) is 0 Å². The average molecular weight is 337 g/mol. The molecule has 0 aliphatic heterocycles. The summed E-state index contributed by atoms with van der Waals surface area (Å²) in [6.07, 6.45) is 1.20. The number of carbonyl (C=O) groups is 1. The molecular weight excluding hydrogens is 316 g/mol. The number of hydrogen-bond acceptors (Lipinski definition) is 5. The van der Waals surface area contributed by atoms with E-state index in [-0.39, 0.29) is 49.9 Å². The first-order chi connectivity index (χ1) is 9.88. The molecule has 0 fully saturated rings. The normalized spacial score (nSPS) is 10.9. The van der Waals surface area contributed by atoms with E-state index >= 15 is 0 Å². The molecule has 0 N–H and O–H groups in total. The van der Waals surface area contributed by atoms with Crippen molar-refractivity contribution >= 4 is 13.5 Å². The number of rotatable bonds is 9. The second kappa shape index (κ2) is 11.4. The molecule has 6 nitrogen and oxygen atoms in total. The van der Waals surface area contributed by atoms with Crippen molar-refractivity contribution in [1.82, 2.24) is 5.06 Å². The molecule has 118 valence electrons. The van der Waals surface area contributed by atoms with Crippen LogP contribution in [0.25, 0.3) is 0 Å². The third kappa shape index (κ3) is 10.5. The second-order valence-electron chi connectivity index (χ2n) is 4.73. The minimum absolute atomic E-state index is 0. The van der Waals surface area contributed by atoms with Crippen LogP contribution in [0.4, 0.5) is 0 Å². The summed E-state index contributed by atoms with van der Waals surface area (Å²) in [7, 11) is -4.52. The van der Waals surface area contributed by atoms with Crippen molar-refractivity contribution in [2.75, 3.05) is 19.3 Å². The van der Waals surface area contributed by atoms with Crippen molar-refractivity contribution in [3.05, 3.63) is 35.9 Å². The van der Waals surface area contributed by atoms with Gasteiger partial charge in [-0.15, -0.1) is 0 Å². The van der Waals surface area contributed by atoms with Gasteiger partial charge >= 0.3 is 31.0 Å². The average Bonchev–Trinajstić information content (AvgIpc) is 2.41. The number of hydroxylamine groups is 2. The molecule has 1 aromatic rings. The molecule has 1 aromatic carbocycles. The molecule has 0 unspecified atom stereocenters. The van der Waals surface area contributed by atoms with E-state index in [1.54, 1.807) is 0 Å². The number of benzene rings is 1. The molecule has 0 aliphatic rings. The van der Waals surface area contributed by atoms with Crippen LogP contribution in [-0.2, 0) is 20.6 Å². The predicted molar refractivity (Wildman–Crippen MR) is 76.3 cm³/mol. The van der Waals surface area contributed by atoms with Crippen molar-refractivity contribution < 1.29 is 55.0 Å². The molecule has 0 aromatic heterocycles. The number of carbonyl (C=O) groups excluding carboxylic acids is 1. The predicted octanol–water partition coefficient (Wildman–Crippen LogP) is -2.18. The summed E-state index contributed by atoms with van der Waals surface area (Å²) in [6.45, 7) is 1.81. The third-order valence-electron chi connectivity index (χ3n) is 2.84. The minimum atomic E-state index is -4.52. The monoisotopic (exact) mass is 337 g/mol. The van der Waals surface area contributed by atoms with Gasteiger partial charge in [0.05, 0.1) is 6.61 Å². The summed E-state index contributed by atoms with van der Waals surface area (Å²) in [5.41, 5.74) is 1.19. The van der Waals surface area contributed by atoms with Crippen molar-refractivity contribution in [2.24, 2.45) is 0 Å². The van der Waals surface area contributed by atoms with Gasteiger partial charge in [-0.05, 0) is 31.0 Å². The Bertz CT molecular complexity index is 485. The van der Waals surface area contributed by atoms with E-state index < -0.39 is 13.8 Å². The van der Waals surface area contributed by atoms with Crippen molar-refractivity contribution in [2.45, 2.75) is 26.2 Å². The molecule has 0 radical (unpaired) electrons. The van der Waals surface area contributed by atoms with Crippen LogP contribution in [0.5, 0.6) is 0 Å². The van der Waals surface area contributed by atoms with Crippen LogP contribution in [0.2, 0.25) is 0 Å². The fraction of sp³-hybridized carbons (Fsp3) is 0.500. The SMILES string of the molecule is CC(=O)N(CCCP(=O)([O-])[O-])OCCCc1ccccc1.[H+].[Na+]. The Labute approximate surface area is 154 Å². The molecule has 0 bridgehead atoms. The van der Waals surface area contributed by atoms with Gasteiger partial charge in [-0.1, -0.05) is 37.9 Å². The largest absolute Gasteiger partial charge is 1.00 e. The summed E-state index contributed by atoms with van der Waals surface area (Å²) in [5.74, 6) is -0.304. The van der Waals surface area contributed by atoms with E-state index in [0.717, 1.165) is 17.9 Å². The van der Waals surface area contributed by atoms with Crippen LogP contribution in [0.1, 0.15) is 26.8 Å². The van der Waals surface area contributed by atoms with Crippen LogP contribution < -0.4 is 39.3 Å². The van der Waals surface area contributed by atoms with Crippen LogP contribution in [0.15, 0.2) is 30.3 Å². The van der Waals surface area contributed by atoms with Gasteiger partial charge < -0.3 is 14.4 Å². The van der Waals surface area contributed by atoms with Gasteiger partial charge in [-0.25, -0.2) is 5.06 Å². The summed E-state index contributed by atoms with van der Waals surface area (Å²) >= 11 is 0. The number of hydrogen-bond donors (Lipinski definition) is 0. The molecule has 0 saturated heterocycles. The second-order valence-corrected chi connectivity index (χ2v) is 6.40. The number of amides is 1. The van der Waals surface area contributed by atoms with Crippen molar-refractivity contribution in [3.63, 3.8) is 0 Å². The topological polar surface area (TPSA) is 92.7 Å². The maximum atomic E-state index is 11.3. The van der Waals surface area contributed by atoms with Gasteiger partial charge in [0.2, 0.25) is 5.91 Å². The molecule has 22 heavy (non-hydrogen) atoms.